The topological polar surface area (TPSA) is 25.2 Å². The van der Waals surface area contributed by atoms with Crippen molar-refractivity contribution in [3.63, 3.8) is 0 Å². The third kappa shape index (κ3) is 2.32. The molecule has 1 rings (SSSR count). The molecule has 0 saturated heterocycles. The zero-order valence-electron chi connectivity index (χ0n) is 4.41. The molecule has 0 aromatic carbocycles. The molecule has 52 valence electrons. The van der Waals surface area contributed by atoms with E-state index >= 15 is 0 Å². The van der Waals surface area contributed by atoms with E-state index in [0.717, 1.165) is 4.73 Å². The summed E-state index contributed by atoms with van der Waals surface area (Å²) < 4.78 is 1.32. The van der Waals surface area contributed by atoms with Gasteiger partial charge in [0.2, 0.25) is 0 Å². The predicted octanol–water partition coefficient (Wildman–Crippen LogP) is 1.45. The Bertz CT molecular complexity index is 234. The van der Waals surface area contributed by atoms with E-state index in [0.29, 0.717) is 4.64 Å². The van der Waals surface area contributed by atoms with Crippen molar-refractivity contribution in [2.24, 2.45) is 0 Å². The summed E-state index contributed by atoms with van der Waals surface area (Å²) in [7, 11) is 0. The van der Waals surface area contributed by atoms with Crippen LogP contribution in [0.1, 0.15) is 0 Å². The first kappa shape index (κ1) is 8.91. The van der Waals surface area contributed by atoms with E-state index in [9.17, 15) is 0 Å². The first-order chi connectivity index (χ1) is 3.80. The van der Waals surface area contributed by atoms with Crippen LogP contribution in [0.5, 0.6) is 0 Å². The summed E-state index contributed by atoms with van der Waals surface area (Å²) in [6.45, 7) is 0. The normalized spacial score (nSPS) is 8.00. The van der Waals surface area contributed by atoms with Gasteiger partial charge in [-0.1, -0.05) is 18.3 Å². The maximum atomic E-state index is 8.73. The maximum Gasteiger partial charge on any atom is 1.00 e. The van der Waals surface area contributed by atoms with Gasteiger partial charge < -0.3 is 5.21 Å². The van der Waals surface area contributed by atoms with Crippen molar-refractivity contribution in [3.8, 4) is 0 Å². The first-order valence-corrected chi connectivity index (χ1v) is 2.58. The second-order valence-electron chi connectivity index (χ2n) is 1.38. The Morgan fingerprint density at radius 2 is 2.11 bits per heavy atom. The van der Waals surface area contributed by atoms with E-state index in [1.807, 2.05) is 0 Å². The molecule has 0 unspecified atom stereocenters. The maximum absolute atomic E-state index is 8.73. The summed E-state index contributed by atoms with van der Waals surface area (Å²) >= 11 is 4.67. The largest absolute Gasteiger partial charge is 1.00 e. The average Bonchev–Trinajstić information content (AvgIpc) is 1.77. The number of nitrogens with zero attached hydrogens (tertiary/aromatic N) is 1. The molecule has 0 amide bonds. The zero-order valence-corrected chi connectivity index (χ0v) is 6.71. The van der Waals surface area contributed by atoms with Gasteiger partial charge in [0.1, 0.15) is 4.64 Å². The minimum atomic E-state index is 0. The van der Waals surface area contributed by atoms with E-state index in [2.05, 4.69) is 12.2 Å². The standard InChI is InChI=1S/C5H5NOS.Ag/c7-6-4-2-1-3-5(6)8;/h1-4,7H;/q;+1. The van der Waals surface area contributed by atoms with E-state index in [1.54, 1.807) is 18.2 Å². The van der Waals surface area contributed by atoms with Crippen molar-refractivity contribution >= 4 is 12.2 Å². The molecular formula is C5H5AgNOS+. The minimum absolute atomic E-state index is 0. The molecule has 9 heavy (non-hydrogen) atoms. The molecule has 1 heterocycles. The van der Waals surface area contributed by atoms with Crippen molar-refractivity contribution in [1.82, 2.24) is 4.73 Å². The van der Waals surface area contributed by atoms with E-state index in [-0.39, 0.29) is 22.4 Å². The molecular weight excluding hydrogens is 230 g/mol. The molecule has 0 aliphatic carbocycles. The van der Waals surface area contributed by atoms with Gasteiger partial charge in [0, 0.05) is 6.20 Å². The molecule has 1 N–H and O–H groups in total. The van der Waals surface area contributed by atoms with Crippen LogP contribution >= 0.6 is 12.2 Å². The predicted molar refractivity (Wildman–Crippen MR) is 32.5 cm³/mol. The fourth-order valence-electron chi connectivity index (χ4n) is 0.419. The Labute approximate surface area is 73.6 Å². The molecule has 0 radical (unpaired) electrons. The van der Waals surface area contributed by atoms with Crippen LogP contribution in [-0.4, -0.2) is 9.94 Å². The number of hydrogen-bond donors (Lipinski definition) is 1. The Morgan fingerprint density at radius 1 is 1.44 bits per heavy atom. The quantitative estimate of drug-likeness (QED) is 0.418. The fourth-order valence-corrected chi connectivity index (χ4v) is 0.558. The van der Waals surface area contributed by atoms with Crippen LogP contribution in [0.3, 0.4) is 0 Å². The van der Waals surface area contributed by atoms with Crippen LogP contribution in [0, 0.1) is 4.64 Å². The second-order valence-corrected chi connectivity index (χ2v) is 1.80. The molecule has 2 nitrogen and oxygen atoms in total. The fraction of sp³-hybridized carbons (Fsp3) is 0. The van der Waals surface area contributed by atoms with Gasteiger partial charge in [0.25, 0.3) is 0 Å². The van der Waals surface area contributed by atoms with Crippen molar-refractivity contribution in [1.29, 1.82) is 0 Å². The third-order valence-electron chi connectivity index (χ3n) is 0.803. The van der Waals surface area contributed by atoms with Gasteiger partial charge in [-0.2, -0.15) is 4.73 Å². The summed E-state index contributed by atoms with van der Waals surface area (Å²) in [4.78, 5) is 0. The molecule has 1 aromatic rings. The molecule has 4 heteroatoms. The molecule has 0 aliphatic rings. The van der Waals surface area contributed by atoms with Crippen molar-refractivity contribution in [3.05, 3.63) is 29.0 Å². The van der Waals surface area contributed by atoms with E-state index in [1.165, 1.54) is 6.20 Å². The Morgan fingerprint density at radius 3 is 2.44 bits per heavy atom. The van der Waals surface area contributed by atoms with Crippen molar-refractivity contribution < 1.29 is 27.6 Å². The smallest absolute Gasteiger partial charge is 0.428 e. The Kier molecular flexibility index (Phi) is 3.81. The van der Waals surface area contributed by atoms with Crippen LogP contribution in [0.4, 0.5) is 0 Å². The molecule has 0 fully saturated rings. The summed E-state index contributed by atoms with van der Waals surface area (Å²) in [5.41, 5.74) is 0. The van der Waals surface area contributed by atoms with Crippen LogP contribution in [0.2, 0.25) is 0 Å². The van der Waals surface area contributed by atoms with Gasteiger partial charge in [0.05, 0.1) is 0 Å². The number of rotatable bonds is 0. The van der Waals surface area contributed by atoms with Gasteiger partial charge >= 0.3 is 22.4 Å². The van der Waals surface area contributed by atoms with Crippen LogP contribution < -0.4 is 0 Å². The summed E-state index contributed by atoms with van der Waals surface area (Å²) in [6, 6.07) is 5.13. The zero-order chi connectivity index (χ0) is 5.98. The number of hydrogen-bond acceptors (Lipinski definition) is 2. The van der Waals surface area contributed by atoms with Gasteiger partial charge in [-0.25, -0.2) is 0 Å². The van der Waals surface area contributed by atoms with Crippen molar-refractivity contribution in [2.75, 3.05) is 0 Å². The third-order valence-corrected chi connectivity index (χ3v) is 1.13. The minimum Gasteiger partial charge on any atom is -0.428 e. The second kappa shape index (κ2) is 3.85. The molecule has 0 atom stereocenters. The van der Waals surface area contributed by atoms with E-state index in [4.69, 9.17) is 5.21 Å². The summed E-state index contributed by atoms with van der Waals surface area (Å²) in [5, 5.41) is 8.73. The average molecular weight is 235 g/mol. The molecule has 0 saturated carbocycles. The van der Waals surface area contributed by atoms with Gasteiger partial charge in [0.15, 0.2) is 0 Å². The van der Waals surface area contributed by atoms with Gasteiger partial charge in [-0.05, 0) is 12.1 Å². The monoisotopic (exact) mass is 234 g/mol. The molecule has 1 aromatic heterocycles. The summed E-state index contributed by atoms with van der Waals surface area (Å²) in [6.07, 6.45) is 1.49. The van der Waals surface area contributed by atoms with E-state index < -0.39 is 0 Å². The SMILES string of the molecule is On1ccccc1=S.[Ag+]. The molecule has 0 aliphatic heterocycles. The van der Waals surface area contributed by atoms with Crippen LogP contribution in [-0.2, 0) is 22.4 Å². The summed E-state index contributed by atoms with van der Waals surface area (Å²) in [5.74, 6) is 0. The first-order valence-electron chi connectivity index (χ1n) is 2.17. The number of pyridine rings is 1. The Hall–Kier alpha value is -0.0897. The van der Waals surface area contributed by atoms with Gasteiger partial charge in [-0.3, -0.25) is 0 Å². The van der Waals surface area contributed by atoms with Gasteiger partial charge in [-0.15, -0.1) is 0 Å². The van der Waals surface area contributed by atoms with Crippen LogP contribution in [0.25, 0.3) is 0 Å². The number of aromatic nitrogens is 1. The molecule has 0 spiro atoms. The van der Waals surface area contributed by atoms with Crippen molar-refractivity contribution in [2.45, 2.75) is 0 Å². The van der Waals surface area contributed by atoms with Crippen LogP contribution in [0.15, 0.2) is 24.4 Å². The Balaban J connectivity index is 0.000000640. The molecule has 0 bridgehead atoms.